The Kier molecular flexibility index (Phi) is 7.19. The van der Waals surface area contributed by atoms with E-state index in [1.54, 1.807) is 42.5 Å². The molecule has 1 aliphatic heterocycles. The van der Waals surface area contributed by atoms with Gasteiger partial charge in [-0.15, -0.1) is 0 Å². The highest BCUT2D eigenvalue weighted by molar-refractivity contribution is 7.22. The normalized spacial score (nSPS) is 17.1. The number of hydrogen-bond donors (Lipinski definition) is 1. The number of benzene rings is 3. The molecule has 1 aromatic heterocycles. The molecule has 0 radical (unpaired) electrons. The molecule has 1 atom stereocenters. The highest BCUT2D eigenvalue weighted by Crippen LogP contribution is 2.45. The van der Waals surface area contributed by atoms with Crippen LogP contribution in [-0.4, -0.2) is 28.4 Å². The van der Waals surface area contributed by atoms with Gasteiger partial charge in [-0.2, -0.15) is 0 Å². The molecule has 0 saturated carbocycles. The van der Waals surface area contributed by atoms with E-state index < -0.39 is 29.3 Å². The zero-order chi connectivity index (χ0) is 27.0. The first-order valence-electron chi connectivity index (χ1n) is 12.1. The Morgan fingerprint density at radius 2 is 1.89 bits per heavy atom. The third-order valence-electron chi connectivity index (χ3n) is 6.25. The summed E-state index contributed by atoms with van der Waals surface area (Å²) in [6.45, 7) is 4.72. The molecule has 2 heterocycles. The number of ether oxygens (including phenoxy) is 1. The van der Waals surface area contributed by atoms with Crippen LogP contribution in [-0.2, 0) is 9.59 Å². The zero-order valence-corrected chi connectivity index (χ0v) is 22.2. The monoisotopic (exact) mass is 550 g/mol. The molecular formula is C29H24ClFN2O4S. The molecule has 1 fully saturated rings. The predicted molar refractivity (Wildman–Crippen MR) is 147 cm³/mol. The Morgan fingerprint density at radius 1 is 1.13 bits per heavy atom. The zero-order valence-electron chi connectivity index (χ0n) is 20.7. The van der Waals surface area contributed by atoms with Gasteiger partial charge in [0, 0.05) is 10.6 Å². The van der Waals surface area contributed by atoms with Crippen molar-refractivity contribution in [3.05, 3.63) is 94.3 Å². The second kappa shape index (κ2) is 10.6. The Bertz CT molecular complexity index is 1560. The van der Waals surface area contributed by atoms with Crippen LogP contribution in [0.2, 0.25) is 5.02 Å². The van der Waals surface area contributed by atoms with Crippen molar-refractivity contribution in [1.82, 2.24) is 4.98 Å². The molecule has 3 aromatic carbocycles. The van der Waals surface area contributed by atoms with Crippen molar-refractivity contribution in [2.75, 3.05) is 11.5 Å². The van der Waals surface area contributed by atoms with E-state index >= 15 is 0 Å². The molecular weight excluding hydrogens is 527 g/mol. The third kappa shape index (κ3) is 5.01. The topological polar surface area (TPSA) is 79.7 Å². The van der Waals surface area contributed by atoms with E-state index in [0.717, 1.165) is 11.1 Å². The molecule has 1 N–H and O–H groups in total. The van der Waals surface area contributed by atoms with Crippen LogP contribution in [0.15, 0.2) is 72.3 Å². The van der Waals surface area contributed by atoms with Crippen LogP contribution in [0.1, 0.15) is 37.4 Å². The molecule has 0 spiro atoms. The maximum Gasteiger partial charge on any atom is 0.301 e. The summed E-state index contributed by atoms with van der Waals surface area (Å²) in [7, 11) is 0. The molecule has 0 bridgehead atoms. The minimum Gasteiger partial charge on any atom is -0.507 e. The smallest absolute Gasteiger partial charge is 0.301 e. The standard InChI is InChI=1S/C29H24ClFN2O4S/c1-16(2)12-13-37-21-5-3-4-18(14-21)25-24(26(34)17-6-9-20(31)10-7-17)27(35)28(36)33(25)29-32-22-11-8-19(30)15-23(22)38-29/h3-11,14-16,25,34H,12-13H2,1-2H3/b26-24+. The van der Waals surface area contributed by atoms with E-state index in [1.807, 2.05) is 0 Å². The lowest BCUT2D eigenvalue weighted by atomic mass is 9.95. The van der Waals surface area contributed by atoms with Crippen LogP contribution in [0.3, 0.4) is 0 Å². The number of amides is 1. The van der Waals surface area contributed by atoms with Gasteiger partial charge in [-0.1, -0.05) is 48.9 Å². The number of aliphatic hydroxyl groups excluding tert-OH is 1. The Balaban J connectivity index is 1.65. The largest absolute Gasteiger partial charge is 0.507 e. The van der Waals surface area contributed by atoms with Crippen LogP contribution in [0.4, 0.5) is 9.52 Å². The summed E-state index contributed by atoms with van der Waals surface area (Å²) in [5, 5.41) is 12.0. The quantitative estimate of drug-likeness (QED) is 0.150. The first-order chi connectivity index (χ1) is 18.2. The minimum atomic E-state index is -0.982. The van der Waals surface area contributed by atoms with E-state index in [2.05, 4.69) is 18.8 Å². The third-order valence-corrected chi connectivity index (χ3v) is 7.50. The molecule has 0 aliphatic carbocycles. The fourth-order valence-electron chi connectivity index (χ4n) is 4.28. The molecule has 1 amide bonds. The van der Waals surface area contributed by atoms with Gasteiger partial charge in [0.2, 0.25) is 0 Å². The van der Waals surface area contributed by atoms with E-state index in [1.165, 1.54) is 40.5 Å². The van der Waals surface area contributed by atoms with Gasteiger partial charge >= 0.3 is 5.91 Å². The van der Waals surface area contributed by atoms with Crippen LogP contribution in [0.25, 0.3) is 16.0 Å². The second-order valence-electron chi connectivity index (χ2n) is 9.39. The van der Waals surface area contributed by atoms with Crippen LogP contribution in [0, 0.1) is 11.7 Å². The number of halogens is 2. The predicted octanol–water partition coefficient (Wildman–Crippen LogP) is 7.14. The molecule has 1 saturated heterocycles. The summed E-state index contributed by atoms with van der Waals surface area (Å²) < 4.78 is 20.2. The van der Waals surface area contributed by atoms with Gasteiger partial charge in [0.15, 0.2) is 5.13 Å². The summed E-state index contributed by atoms with van der Waals surface area (Å²) in [5.41, 5.74) is 1.29. The molecule has 1 aliphatic rings. The van der Waals surface area contributed by atoms with Crippen molar-refractivity contribution in [2.24, 2.45) is 5.92 Å². The summed E-state index contributed by atoms with van der Waals surface area (Å²) >= 11 is 7.37. The lowest BCUT2D eigenvalue weighted by Crippen LogP contribution is -2.29. The van der Waals surface area contributed by atoms with E-state index in [9.17, 15) is 19.1 Å². The number of nitrogens with zero attached hydrogens (tertiary/aromatic N) is 2. The Labute approximate surface area is 228 Å². The molecule has 1 unspecified atom stereocenters. The highest BCUT2D eigenvalue weighted by atomic mass is 35.5. The Morgan fingerprint density at radius 3 is 2.63 bits per heavy atom. The van der Waals surface area contributed by atoms with Crippen molar-refractivity contribution in [3.63, 3.8) is 0 Å². The SMILES string of the molecule is CC(C)CCOc1cccc(C2/C(=C(\O)c3ccc(F)cc3)C(=O)C(=O)N2c2nc3ccc(Cl)cc3s2)c1. The first kappa shape index (κ1) is 25.9. The van der Waals surface area contributed by atoms with E-state index in [4.69, 9.17) is 16.3 Å². The summed E-state index contributed by atoms with van der Waals surface area (Å²) in [6.07, 6.45) is 0.863. The summed E-state index contributed by atoms with van der Waals surface area (Å²) in [4.78, 5) is 32.7. The van der Waals surface area contributed by atoms with Gasteiger partial charge in [0.25, 0.3) is 5.78 Å². The average Bonchev–Trinajstić information content (AvgIpc) is 3.41. The van der Waals surface area contributed by atoms with Gasteiger partial charge in [-0.25, -0.2) is 9.37 Å². The van der Waals surface area contributed by atoms with Crippen molar-refractivity contribution in [2.45, 2.75) is 26.3 Å². The van der Waals surface area contributed by atoms with Crippen molar-refractivity contribution < 1.29 is 23.8 Å². The number of rotatable bonds is 7. The number of carbonyl (C=O) groups excluding carboxylic acids is 2. The minimum absolute atomic E-state index is 0.113. The Hall–Kier alpha value is -3.75. The van der Waals surface area contributed by atoms with Crippen LogP contribution < -0.4 is 9.64 Å². The number of carbonyl (C=O) groups is 2. The second-order valence-corrected chi connectivity index (χ2v) is 10.8. The van der Waals surface area contributed by atoms with Gasteiger partial charge in [-0.3, -0.25) is 14.5 Å². The number of hydrogen-bond acceptors (Lipinski definition) is 6. The molecule has 38 heavy (non-hydrogen) atoms. The number of Topliss-reactive ketones (excluding diaryl/α,β-unsaturated/α-hetero) is 1. The fourth-order valence-corrected chi connectivity index (χ4v) is 5.55. The number of aliphatic hydroxyl groups is 1. The van der Waals surface area contributed by atoms with E-state index in [-0.39, 0.29) is 11.1 Å². The molecule has 5 rings (SSSR count). The molecule has 6 nitrogen and oxygen atoms in total. The maximum atomic E-state index is 13.6. The maximum absolute atomic E-state index is 13.6. The van der Waals surface area contributed by atoms with Crippen molar-refractivity contribution in [3.8, 4) is 5.75 Å². The number of thiazole rings is 1. The van der Waals surface area contributed by atoms with Gasteiger partial charge in [-0.05, 0) is 72.5 Å². The first-order valence-corrected chi connectivity index (χ1v) is 13.3. The fraction of sp³-hybridized carbons (Fsp3) is 0.207. The number of fused-ring (bicyclic) bond motifs is 1. The van der Waals surface area contributed by atoms with Crippen molar-refractivity contribution >= 4 is 55.7 Å². The number of ketones is 1. The molecule has 4 aromatic rings. The van der Waals surface area contributed by atoms with Gasteiger partial charge in [0.05, 0.1) is 28.4 Å². The van der Waals surface area contributed by atoms with Gasteiger partial charge < -0.3 is 9.84 Å². The summed E-state index contributed by atoms with van der Waals surface area (Å²) in [5.74, 6) is -1.53. The van der Waals surface area contributed by atoms with Gasteiger partial charge in [0.1, 0.15) is 17.3 Å². The highest BCUT2D eigenvalue weighted by Gasteiger charge is 2.48. The molecule has 9 heteroatoms. The average molecular weight is 551 g/mol. The number of aromatic nitrogens is 1. The lowest BCUT2D eigenvalue weighted by molar-refractivity contribution is -0.132. The van der Waals surface area contributed by atoms with Crippen LogP contribution in [0.5, 0.6) is 5.75 Å². The molecule has 194 valence electrons. The van der Waals surface area contributed by atoms with E-state index in [0.29, 0.717) is 39.5 Å². The van der Waals surface area contributed by atoms with Crippen molar-refractivity contribution in [1.29, 1.82) is 0 Å². The van der Waals surface area contributed by atoms with Crippen LogP contribution >= 0.6 is 22.9 Å². The lowest BCUT2D eigenvalue weighted by Gasteiger charge is -2.23. The number of anilines is 1. The summed E-state index contributed by atoms with van der Waals surface area (Å²) in [6, 6.07) is 16.4.